The Kier molecular flexibility index (Phi) is 10.7. The molecule has 0 saturated heterocycles. The number of amides is 1. The number of benzene rings is 3. The van der Waals surface area contributed by atoms with Gasteiger partial charge >= 0.3 is 5.97 Å². The zero-order chi connectivity index (χ0) is 33.0. The van der Waals surface area contributed by atoms with Gasteiger partial charge in [-0.1, -0.05) is 23.7 Å². The van der Waals surface area contributed by atoms with E-state index in [9.17, 15) is 9.59 Å². The van der Waals surface area contributed by atoms with Crippen LogP contribution < -0.4 is 24.6 Å². The molecule has 1 atom stereocenters. The third kappa shape index (κ3) is 7.58. The molecule has 246 valence electrons. The number of nitrogens with one attached hydrogen (secondary N) is 1. The molecular weight excluding hydrogens is 609 g/mol. The van der Waals surface area contributed by atoms with Crippen LogP contribution in [0, 0.1) is 11.7 Å². The topological polar surface area (TPSA) is 80.3 Å². The zero-order valence-corrected chi connectivity index (χ0v) is 27.9. The number of methoxy groups -OCH3 is 2. The van der Waals surface area contributed by atoms with Gasteiger partial charge in [-0.2, -0.15) is 0 Å². The number of esters is 1. The monoisotopic (exact) mass is 651 g/mol. The fraction of sp³-hybridized carbons (Fsp3) is 0.444. The van der Waals surface area contributed by atoms with E-state index in [-0.39, 0.29) is 36.6 Å². The molecule has 1 aliphatic heterocycles. The summed E-state index contributed by atoms with van der Waals surface area (Å²) in [5.41, 5.74) is 3.41. The summed E-state index contributed by atoms with van der Waals surface area (Å²) in [6.45, 7) is 4.89. The van der Waals surface area contributed by atoms with E-state index < -0.39 is 11.9 Å². The van der Waals surface area contributed by atoms with E-state index in [1.807, 2.05) is 51.2 Å². The van der Waals surface area contributed by atoms with E-state index in [1.54, 1.807) is 30.2 Å². The number of hydrogen-bond acceptors (Lipinski definition) is 7. The first-order valence-electron chi connectivity index (χ1n) is 15.8. The fourth-order valence-electron chi connectivity index (χ4n) is 6.58. The van der Waals surface area contributed by atoms with Crippen molar-refractivity contribution in [3.8, 4) is 11.5 Å². The Morgan fingerprint density at radius 1 is 1.04 bits per heavy atom. The quantitative estimate of drug-likeness (QED) is 0.231. The van der Waals surface area contributed by atoms with Crippen LogP contribution in [-0.4, -0.2) is 58.4 Å². The van der Waals surface area contributed by atoms with Crippen molar-refractivity contribution in [2.75, 3.05) is 44.2 Å². The highest BCUT2D eigenvalue weighted by molar-refractivity contribution is 6.30. The predicted octanol–water partition coefficient (Wildman–Crippen LogP) is 6.71. The predicted molar refractivity (Wildman–Crippen MR) is 179 cm³/mol. The molecule has 1 fully saturated rings. The number of halogens is 2. The second-order valence-corrected chi connectivity index (χ2v) is 12.9. The van der Waals surface area contributed by atoms with Crippen LogP contribution in [0.2, 0.25) is 5.02 Å². The molecule has 1 aliphatic carbocycles. The van der Waals surface area contributed by atoms with Crippen molar-refractivity contribution in [1.82, 2.24) is 5.32 Å². The minimum atomic E-state index is -0.602. The summed E-state index contributed by atoms with van der Waals surface area (Å²) in [4.78, 5) is 28.9. The van der Waals surface area contributed by atoms with Gasteiger partial charge in [0.1, 0.15) is 5.82 Å². The van der Waals surface area contributed by atoms with Crippen molar-refractivity contribution in [2.45, 2.75) is 64.1 Å². The van der Waals surface area contributed by atoms with Crippen molar-refractivity contribution >= 4 is 34.9 Å². The SMILES string of the molecule is COC(=O)CNC1CCC(CN(C)c2ccc(N3C(=O)Cc4cc(OC)c(OC(C)C)cc4C3c3ccc(Cl)cc3)c(F)c2)CC1. The van der Waals surface area contributed by atoms with Crippen molar-refractivity contribution in [2.24, 2.45) is 5.92 Å². The summed E-state index contributed by atoms with van der Waals surface area (Å²) >= 11 is 6.23. The average molecular weight is 652 g/mol. The Morgan fingerprint density at radius 2 is 1.76 bits per heavy atom. The van der Waals surface area contributed by atoms with E-state index in [0.717, 1.165) is 54.6 Å². The molecule has 46 heavy (non-hydrogen) atoms. The lowest BCUT2D eigenvalue weighted by atomic mass is 9.85. The van der Waals surface area contributed by atoms with Gasteiger partial charge in [-0.25, -0.2) is 4.39 Å². The normalized spacial score (nSPS) is 19.5. The largest absolute Gasteiger partial charge is 0.493 e. The molecule has 1 unspecified atom stereocenters. The molecule has 3 aromatic rings. The highest BCUT2D eigenvalue weighted by Gasteiger charge is 2.37. The standard InChI is InChI=1S/C36H43ClFN3O5/c1-22(2)46-33-19-29-25(16-32(33)44-4)17-34(42)41(36(29)24-8-10-26(37)11-9-24)31-15-14-28(18-30(31)38)40(3)21-23-6-12-27(13-7-23)39-20-35(43)45-5/h8-11,14-16,18-19,22-23,27,36,39H,6-7,12-13,17,20-21H2,1-5H3. The van der Waals surface area contributed by atoms with E-state index in [0.29, 0.717) is 28.5 Å². The van der Waals surface area contributed by atoms with Crippen molar-refractivity contribution in [3.63, 3.8) is 0 Å². The first-order chi connectivity index (χ1) is 22.1. The minimum absolute atomic E-state index is 0.0933. The average Bonchev–Trinajstić information content (AvgIpc) is 3.04. The van der Waals surface area contributed by atoms with E-state index in [4.69, 9.17) is 25.8 Å². The molecule has 3 aromatic carbocycles. The number of fused-ring (bicyclic) bond motifs is 1. The van der Waals surface area contributed by atoms with Gasteiger partial charge in [0.15, 0.2) is 11.5 Å². The van der Waals surface area contributed by atoms with Gasteiger partial charge in [0.25, 0.3) is 0 Å². The second-order valence-electron chi connectivity index (χ2n) is 12.5. The molecule has 5 rings (SSSR count). The van der Waals surface area contributed by atoms with Gasteiger partial charge in [0.05, 0.1) is 45.0 Å². The molecule has 1 saturated carbocycles. The lowest BCUT2D eigenvalue weighted by Crippen LogP contribution is -2.41. The zero-order valence-electron chi connectivity index (χ0n) is 27.1. The number of rotatable bonds is 11. The molecule has 8 nitrogen and oxygen atoms in total. The second kappa shape index (κ2) is 14.7. The fourth-order valence-corrected chi connectivity index (χ4v) is 6.71. The Bertz CT molecular complexity index is 1540. The van der Waals surface area contributed by atoms with Gasteiger partial charge in [-0.3, -0.25) is 14.5 Å². The summed E-state index contributed by atoms with van der Waals surface area (Å²) in [6, 6.07) is 15.9. The Balaban J connectivity index is 1.39. The Labute approximate surface area is 275 Å². The third-order valence-corrected chi connectivity index (χ3v) is 9.16. The Hall–Kier alpha value is -3.82. The number of carbonyl (C=O) groups excluding carboxylic acids is 2. The number of ether oxygens (including phenoxy) is 3. The first-order valence-corrected chi connectivity index (χ1v) is 16.2. The maximum Gasteiger partial charge on any atom is 0.319 e. The van der Waals surface area contributed by atoms with Crippen LogP contribution >= 0.6 is 11.6 Å². The highest BCUT2D eigenvalue weighted by atomic mass is 35.5. The summed E-state index contributed by atoms with van der Waals surface area (Å²) < 4.78 is 32.6. The molecule has 0 bridgehead atoms. The maximum absolute atomic E-state index is 16.1. The lowest BCUT2D eigenvalue weighted by Gasteiger charge is -2.38. The molecule has 10 heteroatoms. The molecule has 0 aromatic heterocycles. The lowest BCUT2D eigenvalue weighted by molar-refractivity contribution is -0.139. The summed E-state index contributed by atoms with van der Waals surface area (Å²) in [6.07, 6.45) is 3.98. The minimum Gasteiger partial charge on any atom is -0.493 e. The summed E-state index contributed by atoms with van der Waals surface area (Å²) in [7, 11) is 4.94. The van der Waals surface area contributed by atoms with Crippen LogP contribution in [0.3, 0.4) is 0 Å². The number of carbonyl (C=O) groups is 2. The van der Waals surface area contributed by atoms with Crippen LogP contribution in [-0.2, 0) is 20.7 Å². The Morgan fingerprint density at radius 3 is 2.39 bits per heavy atom. The molecule has 0 radical (unpaired) electrons. The molecule has 1 amide bonds. The van der Waals surface area contributed by atoms with Crippen LogP contribution in [0.1, 0.15) is 62.3 Å². The van der Waals surface area contributed by atoms with E-state index in [1.165, 1.54) is 13.2 Å². The van der Waals surface area contributed by atoms with Crippen LogP contribution in [0.4, 0.5) is 15.8 Å². The molecule has 0 spiro atoms. The van der Waals surface area contributed by atoms with E-state index in [2.05, 4.69) is 10.2 Å². The molecule has 1 heterocycles. The summed E-state index contributed by atoms with van der Waals surface area (Å²) in [5, 5.41) is 3.85. The van der Waals surface area contributed by atoms with Gasteiger partial charge in [-0.05, 0) is 105 Å². The molecule has 1 N–H and O–H groups in total. The summed E-state index contributed by atoms with van der Waals surface area (Å²) in [5.74, 6) is 0.626. The van der Waals surface area contributed by atoms with Crippen molar-refractivity contribution < 1.29 is 28.2 Å². The third-order valence-electron chi connectivity index (χ3n) is 8.91. The van der Waals surface area contributed by atoms with Crippen LogP contribution in [0.25, 0.3) is 0 Å². The number of hydrogen-bond donors (Lipinski definition) is 1. The smallest absolute Gasteiger partial charge is 0.319 e. The maximum atomic E-state index is 16.1. The van der Waals surface area contributed by atoms with Crippen molar-refractivity contribution in [3.05, 3.63) is 82.1 Å². The van der Waals surface area contributed by atoms with Gasteiger partial charge in [0.2, 0.25) is 5.91 Å². The molecular formula is C36H43ClFN3O5. The van der Waals surface area contributed by atoms with Gasteiger partial charge in [0, 0.05) is 30.3 Å². The first kappa shape index (κ1) is 33.5. The van der Waals surface area contributed by atoms with E-state index >= 15 is 4.39 Å². The number of nitrogens with zero attached hydrogens (tertiary/aromatic N) is 2. The van der Waals surface area contributed by atoms with Crippen LogP contribution in [0.5, 0.6) is 11.5 Å². The number of anilines is 2. The molecule has 2 aliphatic rings. The highest BCUT2D eigenvalue weighted by Crippen LogP contribution is 2.44. The van der Waals surface area contributed by atoms with Gasteiger partial charge < -0.3 is 24.4 Å². The van der Waals surface area contributed by atoms with Gasteiger partial charge in [-0.15, -0.1) is 0 Å². The van der Waals surface area contributed by atoms with Crippen LogP contribution in [0.15, 0.2) is 54.6 Å². The van der Waals surface area contributed by atoms with Crippen molar-refractivity contribution in [1.29, 1.82) is 0 Å².